The molecule has 1 aromatic heterocycles. The van der Waals surface area contributed by atoms with Gasteiger partial charge in [0.05, 0.1) is 22.9 Å². The smallest absolute Gasteiger partial charge is 0.338 e. The van der Waals surface area contributed by atoms with Crippen molar-refractivity contribution in [3.05, 3.63) is 59.4 Å². The molecule has 0 bridgehead atoms. The Labute approximate surface area is 145 Å². The highest BCUT2D eigenvalue weighted by Crippen LogP contribution is 2.17. The van der Waals surface area contributed by atoms with Gasteiger partial charge >= 0.3 is 5.97 Å². The minimum atomic E-state index is -0.912. The first-order valence-corrected chi connectivity index (χ1v) is 7.96. The SMILES string of the molecule is Cc1ccc(C)c(NC(=O)C(C)OC(=O)c2ccc3nc[nH]c3c2)c1. The molecule has 1 heterocycles. The van der Waals surface area contributed by atoms with E-state index in [2.05, 4.69) is 15.3 Å². The van der Waals surface area contributed by atoms with Gasteiger partial charge in [0, 0.05) is 5.69 Å². The average molecular weight is 337 g/mol. The number of rotatable bonds is 4. The Morgan fingerprint density at radius 3 is 2.76 bits per heavy atom. The Morgan fingerprint density at radius 1 is 1.16 bits per heavy atom. The molecule has 0 fully saturated rings. The first kappa shape index (κ1) is 16.7. The van der Waals surface area contributed by atoms with E-state index in [1.165, 1.54) is 0 Å². The molecule has 0 aliphatic rings. The molecule has 25 heavy (non-hydrogen) atoms. The number of hydrogen-bond acceptors (Lipinski definition) is 4. The van der Waals surface area contributed by atoms with Crippen LogP contribution in [0.25, 0.3) is 11.0 Å². The number of fused-ring (bicyclic) bond motifs is 1. The summed E-state index contributed by atoms with van der Waals surface area (Å²) < 4.78 is 5.28. The number of carbonyl (C=O) groups excluding carboxylic acids is 2. The number of carbonyl (C=O) groups is 2. The van der Waals surface area contributed by atoms with Gasteiger partial charge in [-0.15, -0.1) is 0 Å². The number of aryl methyl sites for hydroxylation is 2. The van der Waals surface area contributed by atoms with E-state index in [9.17, 15) is 9.59 Å². The van der Waals surface area contributed by atoms with E-state index in [-0.39, 0.29) is 5.91 Å². The summed E-state index contributed by atoms with van der Waals surface area (Å²) >= 11 is 0. The number of esters is 1. The molecule has 3 rings (SSSR count). The highest BCUT2D eigenvalue weighted by molar-refractivity contribution is 5.98. The van der Waals surface area contributed by atoms with Crippen molar-refractivity contribution in [3.63, 3.8) is 0 Å². The number of nitrogens with one attached hydrogen (secondary N) is 2. The lowest BCUT2D eigenvalue weighted by molar-refractivity contribution is -0.123. The molecule has 2 aromatic carbocycles. The van der Waals surface area contributed by atoms with Crippen LogP contribution in [0.3, 0.4) is 0 Å². The molecule has 1 unspecified atom stereocenters. The van der Waals surface area contributed by atoms with E-state index >= 15 is 0 Å². The maximum absolute atomic E-state index is 12.3. The molecule has 0 aliphatic carbocycles. The molecule has 0 radical (unpaired) electrons. The number of amides is 1. The zero-order valence-corrected chi connectivity index (χ0v) is 14.3. The summed E-state index contributed by atoms with van der Waals surface area (Å²) in [4.78, 5) is 31.6. The summed E-state index contributed by atoms with van der Waals surface area (Å²) in [5.74, 6) is -0.926. The Hall–Kier alpha value is -3.15. The Balaban J connectivity index is 1.68. The molecular weight excluding hydrogens is 318 g/mol. The van der Waals surface area contributed by atoms with Crippen LogP contribution in [0.4, 0.5) is 5.69 Å². The number of hydrogen-bond donors (Lipinski definition) is 2. The quantitative estimate of drug-likeness (QED) is 0.715. The third kappa shape index (κ3) is 3.68. The van der Waals surface area contributed by atoms with Crippen LogP contribution in [0.15, 0.2) is 42.7 Å². The number of nitrogens with zero attached hydrogens (tertiary/aromatic N) is 1. The van der Waals surface area contributed by atoms with Gasteiger partial charge in [-0.3, -0.25) is 4.79 Å². The minimum absolute atomic E-state index is 0.364. The molecule has 0 spiro atoms. The second-order valence-electron chi connectivity index (χ2n) is 5.99. The van der Waals surface area contributed by atoms with E-state index < -0.39 is 12.1 Å². The van der Waals surface area contributed by atoms with Crippen molar-refractivity contribution in [3.8, 4) is 0 Å². The molecule has 2 N–H and O–H groups in total. The van der Waals surface area contributed by atoms with Gasteiger partial charge < -0.3 is 15.0 Å². The van der Waals surface area contributed by atoms with Gasteiger partial charge in [-0.05, 0) is 56.2 Å². The Morgan fingerprint density at radius 2 is 1.96 bits per heavy atom. The maximum atomic E-state index is 12.3. The van der Waals surface area contributed by atoms with Crippen molar-refractivity contribution in [1.29, 1.82) is 0 Å². The first-order chi connectivity index (χ1) is 11.9. The molecule has 1 atom stereocenters. The molecule has 0 saturated carbocycles. The average Bonchev–Trinajstić information content (AvgIpc) is 3.05. The molecule has 3 aromatic rings. The number of benzene rings is 2. The van der Waals surface area contributed by atoms with Gasteiger partial charge in [0.1, 0.15) is 0 Å². The third-order valence-electron chi connectivity index (χ3n) is 3.96. The van der Waals surface area contributed by atoms with E-state index in [1.54, 1.807) is 31.5 Å². The number of imidazole rings is 1. The second kappa shape index (κ2) is 6.76. The zero-order chi connectivity index (χ0) is 18.0. The van der Waals surface area contributed by atoms with Crippen molar-refractivity contribution < 1.29 is 14.3 Å². The molecule has 6 heteroatoms. The molecule has 128 valence electrons. The maximum Gasteiger partial charge on any atom is 0.338 e. The van der Waals surface area contributed by atoms with Crippen molar-refractivity contribution in [2.45, 2.75) is 26.9 Å². The lowest BCUT2D eigenvalue weighted by Crippen LogP contribution is -2.30. The van der Waals surface area contributed by atoms with Crippen LogP contribution in [0.1, 0.15) is 28.4 Å². The van der Waals surface area contributed by atoms with E-state index in [0.717, 1.165) is 22.2 Å². The van der Waals surface area contributed by atoms with Crippen LogP contribution in [-0.4, -0.2) is 27.9 Å². The molecule has 1 amide bonds. The summed E-state index contributed by atoms with van der Waals surface area (Å²) in [5.41, 5.74) is 4.56. The third-order valence-corrected chi connectivity index (χ3v) is 3.96. The largest absolute Gasteiger partial charge is 0.449 e. The summed E-state index contributed by atoms with van der Waals surface area (Å²) in [6.45, 7) is 5.41. The summed E-state index contributed by atoms with van der Waals surface area (Å²) in [7, 11) is 0. The fraction of sp³-hybridized carbons (Fsp3) is 0.211. The lowest BCUT2D eigenvalue weighted by atomic mass is 10.1. The van der Waals surface area contributed by atoms with Crippen LogP contribution in [-0.2, 0) is 9.53 Å². The van der Waals surface area contributed by atoms with Crippen LogP contribution < -0.4 is 5.32 Å². The van der Waals surface area contributed by atoms with Crippen LogP contribution >= 0.6 is 0 Å². The van der Waals surface area contributed by atoms with Gasteiger partial charge in [0.2, 0.25) is 0 Å². The normalized spacial score (nSPS) is 12.0. The second-order valence-corrected chi connectivity index (χ2v) is 5.99. The van der Waals surface area contributed by atoms with Crippen molar-refractivity contribution in [1.82, 2.24) is 9.97 Å². The standard InChI is InChI=1S/C19H19N3O3/c1-11-4-5-12(2)16(8-11)22-18(23)13(3)25-19(24)14-6-7-15-17(9-14)21-10-20-15/h4-10,13H,1-3H3,(H,20,21)(H,22,23). The monoisotopic (exact) mass is 337 g/mol. The van der Waals surface area contributed by atoms with E-state index in [0.29, 0.717) is 11.3 Å². The van der Waals surface area contributed by atoms with Crippen molar-refractivity contribution in [2.75, 3.05) is 5.32 Å². The number of anilines is 1. The van der Waals surface area contributed by atoms with Crippen LogP contribution in [0, 0.1) is 13.8 Å². The van der Waals surface area contributed by atoms with Crippen LogP contribution in [0.5, 0.6) is 0 Å². The predicted octanol–water partition coefficient (Wildman–Crippen LogP) is 3.36. The van der Waals surface area contributed by atoms with Crippen molar-refractivity contribution in [2.24, 2.45) is 0 Å². The van der Waals surface area contributed by atoms with Gasteiger partial charge in [-0.2, -0.15) is 0 Å². The Kier molecular flexibility index (Phi) is 4.52. The van der Waals surface area contributed by atoms with Gasteiger partial charge in [0.15, 0.2) is 6.10 Å². The first-order valence-electron chi connectivity index (χ1n) is 7.96. The highest BCUT2D eigenvalue weighted by atomic mass is 16.5. The Bertz CT molecular complexity index is 946. The number of aromatic amines is 1. The molecule has 0 aliphatic heterocycles. The number of aromatic nitrogens is 2. The number of H-pyrrole nitrogens is 1. The fourth-order valence-corrected chi connectivity index (χ4v) is 2.45. The molecule has 6 nitrogen and oxygen atoms in total. The van der Waals surface area contributed by atoms with E-state index in [1.807, 2.05) is 32.0 Å². The molecule has 0 saturated heterocycles. The van der Waals surface area contributed by atoms with Crippen molar-refractivity contribution >= 4 is 28.6 Å². The van der Waals surface area contributed by atoms with Gasteiger partial charge in [0.25, 0.3) is 5.91 Å². The van der Waals surface area contributed by atoms with Gasteiger partial charge in [-0.25, -0.2) is 9.78 Å². The number of ether oxygens (including phenoxy) is 1. The van der Waals surface area contributed by atoms with Crippen LogP contribution in [0.2, 0.25) is 0 Å². The molecular formula is C19H19N3O3. The highest BCUT2D eigenvalue weighted by Gasteiger charge is 2.20. The minimum Gasteiger partial charge on any atom is -0.449 e. The predicted molar refractivity (Wildman–Crippen MR) is 95.5 cm³/mol. The van der Waals surface area contributed by atoms with E-state index in [4.69, 9.17) is 4.74 Å². The fourth-order valence-electron chi connectivity index (χ4n) is 2.45. The topological polar surface area (TPSA) is 84.1 Å². The summed E-state index contributed by atoms with van der Waals surface area (Å²) in [6, 6.07) is 10.8. The summed E-state index contributed by atoms with van der Waals surface area (Å²) in [6.07, 6.45) is 0.643. The van der Waals surface area contributed by atoms with Gasteiger partial charge in [-0.1, -0.05) is 12.1 Å². The summed E-state index contributed by atoms with van der Waals surface area (Å²) in [5, 5.41) is 2.80. The lowest BCUT2D eigenvalue weighted by Gasteiger charge is -2.15. The zero-order valence-electron chi connectivity index (χ0n) is 14.3.